The first-order chi connectivity index (χ1) is 23.2. The summed E-state index contributed by atoms with van der Waals surface area (Å²) in [6.45, 7) is 5.36. The van der Waals surface area contributed by atoms with Crippen LogP contribution in [0.5, 0.6) is 0 Å². The van der Waals surface area contributed by atoms with Gasteiger partial charge in [0.15, 0.2) is 0 Å². The molecule has 1 atom stereocenters. The Morgan fingerprint density at radius 2 is 0.830 bits per heavy atom. The molecule has 0 aliphatic heterocycles. The van der Waals surface area contributed by atoms with Crippen molar-refractivity contribution in [2.45, 2.75) is 238 Å². The van der Waals surface area contributed by atoms with E-state index >= 15 is 0 Å². The van der Waals surface area contributed by atoms with Crippen molar-refractivity contribution in [3.8, 4) is 0 Å². The summed E-state index contributed by atoms with van der Waals surface area (Å²) in [5.74, 6) is -0.197. The van der Waals surface area contributed by atoms with Crippen LogP contribution in [-0.2, 0) is 14.3 Å². The first-order valence-electron chi connectivity index (χ1n) is 21.3. The molecule has 0 rings (SSSR count). The Balaban J connectivity index is 3.37. The molecule has 1 N–H and O–H groups in total. The van der Waals surface area contributed by atoms with Crippen molar-refractivity contribution < 1.29 is 19.4 Å². The summed E-state index contributed by atoms with van der Waals surface area (Å²) in [6.07, 6.45) is 48.4. The fraction of sp³-hybridized carbons (Fsp3) is 0.930. The number of hydrogen-bond acceptors (Lipinski definition) is 4. The molecule has 0 saturated carbocycles. The predicted octanol–water partition coefficient (Wildman–Crippen LogP) is 13.8. The maximum absolute atomic E-state index is 12.2. The van der Waals surface area contributed by atoms with Gasteiger partial charge in [0.2, 0.25) is 0 Å². The van der Waals surface area contributed by atoms with Crippen molar-refractivity contribution in [3.63, 3.8) is 0 Å². The number of hydrogen-bond donors (Lipinski definition) is 1. The average molecular weight is 665 g/mol. The topological polar surface area (TPSA) is 55.8 Å². The molecular weight excluding hydrogens is 580 g/mol. The molecule has 0 aliphatic rings. The van der Waals surface area contributed by atoms with Crippen LogP contribution < -0.4 is 0 Å². The van der Waals surface area contributed by atoms with Crippen molar-refractivity contribution >= 4 is 5.97 Å². The second kappa shape index (κ2) is 41.3. The van der Waals surface area contributed by atoms with E-state index in [2.05, 4.69) is 26.0 Å². The fourth-order valence-corrected chi connectivity index (χ4v) is 6.38. The fourth-order valence-electron chi connectivity index (χ4n) is 6.38. The lowest BCUT2D eigenvalue weighted by Crippen LogP contribution is -2.27. The minimum Gasteiger partial charge on any atom is -0.457 e. The molecular formula is C43H84O4. The highest BCUT2D eigenvalue weighted by atomic mass is 16.6. The zero-order valence-corrected chi connectivity index (χ0v) is 32.1. The predicted molar refractivity (Wildman–Crippen MR) is 205 cm³/mol. The van der Waals surface area contributed by atoms with Gasteiger partial charge in [-0.15, -0.1) is 0 Å². The molecule has 1 unspecified atom stereocenters. The second-order valence-corrected chi connectivity index (χ2v) is 14.4. The SMILES string of the molecule is CCCCCC/C=C\CCCCCCCCOCC(CO)OC(=O)CCCCCCCCCCCCCCCCCCCCCCC. The molecule has 0 aromatic rings. The minimum atomic E-state index is -0.530. The van der Waals surface area contributed by atoms with Crippen molar-refractivity contribution in [2.24, 2.45) is 0 Å². The largest absolute Gasteiger partial charge is 0.457 e. The monoisotopic (exact) mass is 665 g/mol. The molecule has 0 saturated heterocycles. The van der Waals surface area contributed by atoms with Gasteiger partial charge in [-0.1, -0.05) is 199 Å². The summed E-state index contributed by atoms with van der Waals surface area (Å²) in [6, 6.07) is 0. The van der Waals surface area contributed by atoms with E-state index in [0.717, 1.165) is 19.3 Å². The maximum atomic E-state index is 12.2. The molecule has 280 valence electrons. The average Bonchev–Trinajstić information content (AvgIpc) is 3.08. The van der Waals surface area contributed by atoms with Crippen LogP contribution in [0.2, 0.25) is 0 Å². The number of carbonyl (C=O) groups excluding carboxylic acids is 1. The van der Waals surface area contributed by atoms with E-state index in [0.29, 0.717) is 19.6 Å². The number of ether oxygens (including phenoxy) is 2. The van der Waals surface area contributed by atoms with Gasteiger partial charge in [0.25, 0.3) is 0 Å². The third-order valence-corrected chi connectivity index (χ3v) is 9.59. The maximum Gasteiger partial charge on any atom is 0.306 e. The highest BCUT2D eigenvalue weighted by Gasteiger charge is 2.13. The third-order valence-electron chi connectivity index (χ3n) is 9.59. The van der Waals surface area contributed by atoms with Gasteiger partial charge in [-0.2, -0.15) is 0 Å². The van der Waals surface area contributed by atoms with Crippen LogP contribution in [0.1, 0.15) is 232 Å². The summed E-state index contributed by atoms with van der Waals surface area (Å²) in [4.78, 5) is 12.2. The van der Waals surface area contributed by atoms with E-state index in [4.69, 9.17) is 9.47 Å². The molecule has 0 bridgehead atoms. The summed E-state index contributed by atoms with van der Waals surface area (Å²) in [7, 11) is 0. The van der Waals surface area contributed by atoms with Crippen LogP contribution in [-0.4, -0.2) is 37.0 Å². The van der Waals surface area contributed by atoms with Crippen molar-refractivity contribution in [2.75, 3.05) is 19.8 Å². The standard InChI is InChI=1S/C43H84O4/c1-3-5-7-9-11-13-15-17-19-20-21-22-23-24-25-26-28-30-32-34-36-38-43(45)47-42(40-44)41-46-39-37-35-33-31-29-27-18-16-14-12-10-8-6-4-2/h14,16,42,44H,3-13,15,17-41H2,1-2H3/b16-14-. The minimum absolute atomic E-state index is 0.168. The number of aliphatic hydroxyl groups is 1. The summed E-state index contributed by atoms with van der Waals surface area (Å²) in [5, 5.41) is 9.58. The molecule has 0 fully saturated rings. The van der Waals surface area contributed by atoms with Crippen LogP contribution in [0.3, 0.4) is 0 Å². The molecule has 47 heavy (non-hydrogen) atoms. The number of carbonyl (C=O) groups is 1. The smallest absolute Gasteiger partial charge is 0.306 e. The molecule has 0 spiro atoms. The number of unbranched alkanes of at least 4 members (excludes halogenated alkanes) is 30. The number of aliphatic hydroxyl groups excluding tert-OH is 1. The second-order valence-electron chi connectivity index (χ2n) is 14.4. The van der Waals surface area contributed by atoms with Gasteiger partial charge in [-0.3, -0.25) is 4.79 Å². The van der Waals surface area contributed by atoms with Gasteiger partial charge in [0.1, 0.15) is 6.10 Å². The molecule has 0 aliphatic carbocycles. The number of rotatable bonds is 40. The van der Waals surface area contributed by atoms with Crippen LogP contribution in [0.15, 0.2) is 12.2 Å². The summed E-state index contributed by atoms with van der Waals surface area (Å²) >= 11 is 0. The molecule has 4 nitrogen and oxygen atoms in total. The number of allylic oxidation sites excluding steroid dienone is 2. The summed E-state index contributed by atoms with van der Waals surface area (Å²) in [5.41, 5.74) is 0. The first-order valence-corrected chi connectivity index (χ1v) is 21.3. The van der Waals surface area contributed by atoms with Crippen LogP contribution in [0.25, 0.3) is 0 Å². The molecule has 0 amide bonds. The van der Waals surface area contributed by atoms with E-state index in [1.807, 2.05) is 0 Å². The normalized spacial score (nSPS) is 12.3. The van der Waals surface area contributed by atoms with Crippen molar-refractivity contribution in [1.82, 2.24) is 0 Å². The van der Waals surface area contributed by atoms with Gasteiger partial charge >= 0.3 is 5.97 Å². The van der Waals surface area contributed by atoms with E-state index in [9.17, 15) is 9.90 Å². The van der Waals surface area contributed by atoms with Gasteiger partial charge < -0.3 is 14.6 Å². The highest BCUT2D eigenvalue weighted by molar-refractivity contribution is 5.69. The Hall–Kier alpha value is -0.870. The van der Waals surface area contributed by atoms with Crippen LogP contribution in [0, 0.1) is 0 Å². The molecule has 0 aromatic carbocycles. The van der Waals surface area contributed by atoms with Crippen molar-refractivity contribution in [1.29, 1.82) is 0 Å². The zero-order chi connectivity index (χ0) is 34.1. The molecule has 0 aromatic heterocycles. The summed E-state index contributed by atoms with van der Waals surface area (Å²) < 4.78 is 11.1. The van der Waals surface area contributed by atoms with Gasteiger partial charge in [-0.25, -0.2) is 0 Å². The van der Waals surface area contributed by atoms with Crippen molar-refractivity contribution in [3.05, 3.63) is 12.2 Å². The Kier molecular flexibility index (Phi) is 40.5. The lowest BCUT2D eigenvalue weighted by atomic mass is 10.0. The quantitative estimate of drug-likeness (QED) is 0.0402. The van der Waals surface area contributed by atoms with Gasteiger partial charge in [0.05, 0.1) is 13.2 Å². The van der Waals surface area contributed by atoms with Gasteiger partial charge in [-0.05, 0) is 38.5 Å². The Morgan fingerprint density at radius 1 is 0.489 bits per heavy atom. The van der Waals surface area contributed by atoms with Gasteiger partial charge in [0, 0.05) is 13.0 Å². The lowest BCUT2D eigenvalue weighted by Gasteiger charge is -2.15. The first kappa shape index (κ1) is 46.1. The molecule has 0 heterocycles. The molecule has 0 radical (unpaired) electrons. The van der Waals surface area contributed by atoms with E-state index in [-0.39, 0.29) is 12.6 Å². The molecule has 4 heteroatoms. The third kappa shape index (κ3) is 39.5. The van der Waals surface area contributed by atoms with E-state index in [1.54, 1.807) is 0 Å². The zero-order valence-electron chi connectivity index (χ0n) is 32.1. The highest BCUT2D eigenvalue weighted by Crippen LogP contribution is 2.16. The Bertz CT molecular complexity index is 619. The lowest BCUT2D eigenvalue weighted by molar-refractivity contribution is -0.154. The van der Waals surface area contributed by atoms with Crippen LogP contribution >= 0.6 is 0 Å². The van der Waals surface area contributed by atoms with E-state index < -0.39 is 6.10 Å². The van der Waals surface area contributed by atoms with Crippen LogP contribution in [0.4, 0.5) is 0 Å². The Labute approximate surface area is 295 Å². The Morgan fingerprint density at radius 3 is 1.23 bits per heavy atom. The van der Waals surface area contributed by atoms with E-state index in [1.165, 1.54) is 193 Å². The number of esters is 1.